The van der Waals surface area contributed by atoms with Crippen molar-refractivity contribution in [1.82, 2.24) is 9.21 Å². The monoisotopic (exact) mass is 443 g/mol. The summed E-state index contributed by atoms with van der Waals surface area (Å²) in [4.78, 5) is 25.7. The number of amides is 2. The maximum Gasteiger partial charge on any atom is 0.253 e. The molecule has 0 bridgehead atoms. The van der Waals surface area contributed by atoms with Crippen molar-refractivity contribution >= 4 is 21.8 Å². The van der Waals surface area contributed by atoms with E-state index < -0.39 is 15.9 Å². The highest BCUT2D eigenvalue weighted by atomic mass is 32.2. The quantitative estimate of drug-likeness (QED) is 0.711. The number of rotatable bonds is 7. The molecule has 0 atom stereocenters. The molecular weight excluding hydrogens is 414 g/mol. The van der Waals surface area contributed by atoms with Crippen LogP contribution in [-0.4, -0.2) is 49.6 Å². The van der Waals surface area contributed by atoms with Crippen LogP contribution >= 0.6 is 0 Å². The standard InChI is InChI=1S/C23H29N3O4S/c1-25(16-17-8-10-18(11-9-17)22(24)27)23(28)19-12-14-21(15-13-19)31(29,30)26(2)20-6-4-3-5-7-20/h8-15,20H,3-7,16H2,1-2H3,(H2,24,27). The molecule has 166 valence electrons. The number of carbonyl (C=O) groups excluding carboxylic acids is 2. The van der Waals surface area contributed by atoms with Gasteiger partial charge in [-0.2, -0.15) is 4.31 Å². The van der Waals surface area contributed by atoms with Crippen LogP contribution in [0.15, 0.2) is 53.4 Å². The molecule has 2 N–H and O–H groups in total. The average Bonchev–Trinajstić information content (AvgIpc) is 2.79. The smallest absolute Gasteiger partial charge is 0.253 e. The fourth-order valence-corrected chi connectivity index (χ4v) is 5.33. The number of nitrogens with zero attached hydrogens (tertiary/aromatic N) is 2. The Morgan fingerprint density at radius 3 is 2.00 bits per heavy atom. The topological polar surface area (TPSA) is 101 Å². The van der Waals surface area contributed by atoms with Crippen LogP contribution in [0.5, 0.6) is 0 Å². The first-order valence-corrected chi connectivity index (χ1v) is 11.9. The molecule has 2 amide bonds. The predicted octanol–water partition coefficient (Wildman–Crippen LogP) is 3.01. The Balaban J connectivity index is 1.68. The van der Waals surface area contributed by atoms with Crippen LogP contribution in [0.4, 0.5) is 0 Å². The highest BCUT2D eigenvalue weighted by Gasteiger charge is 2.29. The van der Waals surface area contributed by atoms with Gasteiger partial charge in [-0.15, -0.1) is 0 Å². The minimum atomic E-state index is -3.59. The van der Waals surface area contributed by atoms with Gasteiger partial charge < -0.3 is 10.6 Å². The van der Waals surface area contributed by atoms with Crippen molar-refractivity contribution in [3.63, 3.8) is 0 Å². The molecule has 1 aliphatic rings. The zero-order chi connectivity index (χ0) is 22.6. The van der Waals surface area contributed by atoms with E-state index >= 15 is 0 Å². The van der Waals surface area contributed by atoms with E-state index in [2.05, 4.69) is 0 Å². The van der Waals surface area contributed by atoms with Gasteiger partial charge in [0.25, 0.3) is 5.91 Å². The van der Waals surface area contributed by atoms with E-state index in [4.69, 9.17) is 5.73 Å². The second-order valence-corrected chi connectivity index (χ2v) is 10.1. The van der Waals surface area contributed by atoms with Gasteiger partial charge in [-0.1, -0.05) is 31.4 Å². The normalized spacial score (nSPS) is 15.1. The van der Waals surface area contributed by atoms with Crippen molar-refractivity contribution in [3.05, 3.63) is 65.2 Å². The number of benzene rings is 2. The van der Waals surface area contributed by atoms with Gasteiger partial charge in [0, 0.05) is 37.8 Å². The van der Waals surface area contributed by atoms with Gasteiger partial charge in [0.1, 0.15) is 0 Å². The van der Waals surface area contributed by atoms with E-state index in [1.54, 1.807) is 50.5 Å². The first-order chi connectivity index (χ1) is 14.7. The Hall–Kier alpha value is -2.71. The van der Waals surface area contributed by atoms with Crippen LogP contribution in [0.25, 0.3) is 0 Å². The third-order valence-corrected chi connectivity index (χ3v) is 7.80. The van der Waals surface area contributed by atoms with Crippen LogP contribution in [0.1, 0.15) is 58.4 Å². The lowest BCUT2D eigenvalue weighted by Crippen LogP contribution is -2.38. The Morgan fingerprint density at radius 2 is 1.45 bits per heavy atom. The lowest BCUT2D eigenvalue weighted by Gasteiger charge is -2.30. The van der Waals surface area contributed by atoms with Crippen molar-refractivity contribution < 1.29 is 18.0 Å². The third kappa shape index (κ3) is 5.32. The fourth-order valence-electron chi connectivity index (χ4n) is 3.92. The van der Waals surface area contributed by atoms with Crippen molar-refractivity contribution in [3.8, 4) is 0 Å². The molecule has 7 nitrogen and oxygen atoms in total. The summed E-state index contributed by atoms with van der Waals surface area (Å²) in [5.41, 5.74) is 6.92. The maximum atomic E-state index is 13.0. The molecule has 0 aromatic heterocycles. The largest absolute Gasteiger partial charge is 0.366 e. The number of sulfonamides is 1. The van der Waals surface area contributed by atoms with Crippen LogP contribution < -0.4 is 5.73 Å². The molecule has 3 rings (SSSR count). The summed E-state index contributed by atoms with van der Waals surface area (Å²) in [7, 11) is -0.277. The summed E-state index contributed by atoms with van der Waals surface area (Å²) in [6, 6.07) is 12.9. The molecule has 0 unspecified atom stereocenters. The molecule has 1 aliphatic carbocycles. The second kappa shape index (κ2) is 9.62. The van der Waals surface area contributed by atoms with Crippen molar-refractivity contribution in [2.45, 2.75) is 49.6 Å². The lowest BCUT2D eigenvalue weighted by atomic mass is 9.96. The molecule has 2 aromatic rings. The highest BCUT2D eigenvalue weighted by Crippen LogP contribution is 2.26. The van der Waals surface area contributed by atoms with Crippen molar-refractivity contribution in [2.24, 2.45) is 5.73 Å². The van der Waals surface area contributed by atoms with Crippen molar-refractivity contribution in [1.29, 1.82) is 0 Å². The first kappa shape index (κ1) is 23.0. The van der Waals surface area contributed by atoms with E-state index in [1.807, 2.05) is 0 Å². The number of hydrogen-bond acceptors (Lipinski definition) is 4. The number of nitrogens with two attached hydrogens (primary N) is 1. The molecular formula is C23H29N3O4S. The molecule has 0 aliphatic heterocycles. The zero-order valence-corrected chi connectivity index (χ0v) is 18.8. The lowest BCUT2D eigenvalue weighted by molar-refractivity contribution is 0.0784. The van der Waals surface area contributed by atoms with Crippen LogP contribution in [0, 0.1) is 0 Å². The summed E-state index contributed by atoms with van der Waals surface area (Å²) in [6.45, 7) is 0.350. The van der Waals surface area contributed by atoms with E-state index in [0.717, 1.165) is 37.7 Å². The van der Waals surface area contributed by atoms with Crippen LogP contribution in [0.3, 0.4) is 0 Å². The molecule has 0 heterocycles. The average molecular weight is 444 g/mol. The molecule has 8 heteroatoms. The Kier molecular flexibility index (Phi) is 7.12. The summed E-state index contributed by atoms with van der Waals surface area (Å²) in [5, 5.41) is 0. The predicted molar refractivity (Wildman–Crippen MR) is 119 cm³/mol. The van der Waals surface area contributed by atoms with E-state index in [9.17, 15) is 18.0 Å². The summed E-state index contributed by atoms with van der Waals surface area (Å²) in [5.74, 6) is -0.719. The maximum absolute atomic E-state index is 13.0. The van der Waals surface area contributed by atoms with Crippen molar-refractivity contribution in [2.75, 3.05) is 14.1 Å². The van der Waals surface area contributed by atoms with Gasteiger partial charge in [-0.05, 0) is 54.8 Å². The Labute approximate surface area is 183 Å². The summed E-state index contributed by atoms with van der Waals surface area (Å²) in [6.07, 6.45) is 5.03. The molecule has 2 aromatic carbocycles. The Morgan fingerprint density at radius 1 is 0.903 bits per heavy atom. The first-order valence-electron chi connectivity index (χ1n) is 10.4. The second-order valence-electron chi connectivity index (χ2n) is 8.06. The van der Waals surface area contributed by atoms with Gasteiger partial charge in [0.2, 0.25) is 15.9 Å². The van der Waals surface area contributed by atoms with Gasteiger partial charge in [-0.3, -0.25) is 9.59 Å². The molecule has 0 radical (unpaired) electrons. The zero-order valence-electron chi connectivity index (χ0n) is 18.0. The molecule has 31 heavy (non-hydrogen) atoms. The minimum absolute atomic E-state index is 0.0344. The molecule has 1 fully saturated rings. The SMILES string of the molecule is CN(Cc1ccc(C(N)=O)cc1)C(=O)c1ccc(S(=O)(=O)N(C)C2CCCCC2)cc1. The van der Waals surface area contributed by atoms with Gasteiger partial charge >= 0.3 is 0 Å². The minimum Gasteiger partial charge on any atom is -0.366 e. The van der Waals surface area contributed by atoms with Gasteiger partial charge in [0.05, 0.1) is 4.90 Å². The highest BCUT2D eigenvalue weighted by molar-refractivity contribution is 7.89. The number of primary amides is 1. The molecule has 1 saturated carbocycles. The van der Waals surface area contributed by atoms with Crippen LogP contribution in [0.2, 0.25) is 0 Å². The number of hydrogen-bond donors (Lipinski definition) is 1. The fraction of sp³-hybridized carbons (Fsp3) is 0.391. The van der Waals surface area contributed by atoms with E-state index in [0.29, 0.717) is 17.7 Å². The van der Waals surface area contributed by atoms with E-state index in [-0.39, 0.29) is 16.8 Å². The van der Waals surface area contributed by atoms with Gasteiger partial charge in [0.15, 0.2) is 0 Å². The van der Waals surface area contributed by atoms with Crippen LogP contribution in [-0.2, 0) is 16.6 Å². The molecule has 0 spiro atoms. The summed E-state index contributed by atoms with van der Waals surface area (Å²) >= 11 is 0. The van der Waals surface area contributed by atoms with E-state index in [1.165, 1.54) is 21.3 Å². The third-order valence-electron chi connectivity index (χ3n) is 5.87. The molecule has 0 saturated heterocycles. The number of carbonyl (C=O) groups is 2. The van der Waals surface area contributed by atoms with Gasteiger partial charge in [-0.25, -0.2) is 8.42 Å². The Bertz CT molecular complexity index is 1030. The summed E-state index contributed by atoms with van der Waals surface area (Å²) < 4.78 is 27.4.